The third kappa shape index (κ3) is 4.70. The van der Waals surface area contributed by atoms with Gasteiger partial charge in [0.15, 0.2) is 12.4 Å². The summed E-state index contributed by atoms with van der Waals surface area (Å²) in [5.41, 5.74) is 3.21. The Hall–Kier alpha value is -2.67. The normalized spacial score (nSPS) is 11.1. The molecule has 0 aliphatic heterocycles. The van der Waals surface area contributed by atoms with Crippen molar-refractivity contribution >= 4 is 27.5 Å². The molecular formula is C19H21NO5S. The highest BCUT2D eigenvalue weighted by Crippen LogP contribution is 2.17. The number of hydrogen-bond donors (Lipinski definition) is 0. The van der Waals surface area contributed by atoms with Crippen molar-refractivity contribution in [3.63, 3.8) is 0 Å². The first-order chi connectivity index (χ1) is 12.1. The number of esters is 1. The van der Waals surface area contributed by atoms with E-state index in [1.54, 1.807) is 12.1 Å². The zero-order valence-electron chi connectivity index (χ0n) is 15.1. The number of Topliss-reactive ketones (excluding diaryl/α,β-unsaturated/α-hetero) is 1. The fourth-order valence-electron chi connectivity index (χ4n) is 2.21. The number of nitrogens with zero attached hydrogens (tertiary/aromatic N) is 1. The Morgan fingerprint density at radius 1 is 0.962 bits per heavy atom. The fourth-order valence-corrected chi connectivity index (χ4v) is 2.72. The first-order valence-electron chi connectivity index (χ1n) is 7.91. The second-order valence-corrected chi connectivity index (χ2v) is 8.09. The van der Waals surface area contributed by atoms with Crippen molar-refractivity contribution in [1.29, 1.82) is 0 Å². The molecule has 2 aromatic rings. The summed E-state index contributed by atoms with van der Waals surface area (Å²) >= 11 is 0. The van der Waals surface area contributed by atoms with Crippen molar-refractivity contribution in [2.75, 3.05) is 24.2 Å². The number of sulfonamides is 1. The molecular weight excluding hydrogens is 354 g/mol. The zero-order chi connectivity index (χ0) is 19.5. The lowest BCUT2D eigenvalue weighted by atomic mass is 10.1. The molecule has 6 nitrogen and oxygen atoms in total. The lowest BCUT2D eigenvalue weighted by Crippen LogP contribution is -2.24. The van der Waals surface area contributed by atoms with E-state index >= 15 is 0 Å². The molecule has 0 N–H and O–H groups in total. The van der Waals surface area contributed by atoms with Crippen LogP contribution in [0, 0.1) is 13.8 Å². The van der Waals surface area contributed by atoms with Crippen LogP contribution >= 0.6 is 0 Å². The number of ether oxygens (including phenoxy) is 1. The minimum atomic E-state index is -3.37. The minimum absolute atomic E-state index is 0.337. The third-order valence-electron chi connectivity index (χ3n) is 4.13. The predicted molar refractivity (Wildman–Crippen MR) is 100 cm³/mol. The molecule has 0 fully saturated rings. The van der Waals surface area contributed by atoms with Gasteiger partial charge in [-0.05, 0) is 61.4 Å². The van der Waals surface area contributed by atoms with Crippen LogP contribution < -0.4 is 4.31 Å². The van der Waals surface area contributed by atoms with Crippen LogP contribution in [0.5, 0.6) is 0 Å². The summed E-state index contributed by atoms with van der Waals surface area (Å²) in [6, 6.07) is 11.3. The molecule has 2 aromatic carbocycles. The summed E-state index contributed by atoms with van der Waals surface area (Å²) < 4.78 is 29.2. The Labute approximate surface area is 153 Å². The smallest absolute Gasteiger partial charge is 0.338 e. The molecule has 0 unspecified atom stereocenters. The van der Waals surface area contributed by atoms with Crippen LogP contribution in [-0.4, -0.2) is 40.1 Å². The number of rotatable bonds is 6. The van der Waals surface area contributed by atoms with Gasteiger partial charge in [-0.2, -0.15) is 0 Å². The van der Waals surface area contributed by atoms with Crippen LogP contribution in [0.1, 0.15) is 31.8 Å². The summed E-state index contributed by atoms with van der Waals surface area (Å²) in [5.74, 6) is -0.925. The lowest BCUT2D eigenvalue weighted by Gasteiger charge is -2.16. The molecule has 138 valence electrons. The number of carbonyl (C=O) groups is 2. The number of carbonyl (C=O) groups excluding carboxylic acids is 2. The van der Waals surface area contributed by atoms with Gasteiger partial charge in [0.1, 0.15) is 0 Å². The highest BCUT2D eigenvalue weighted by Gasteiger charge is 2.15. The van der Waals surface area contributed by atoms with Crippen LogP contribution in [0.2, 0.25) is 0 Å². The highest BCUT2D eigenvalue weighted by atomic mass is 32.2. The van der Waals surface area contributed by atoms with Gasteiger partial charge in [-0.25, -0.2) is 13.2 Å². The lowest BCUT2D eigenvalue weighted by molar-refractivity contribution is 0.0474. The van der Waals surface area contributed by atoms with Crippen molar-refractivity contribution in [3.8, 4) is 0 Å². The van der Waals surface area contributed by atoms with E-state index in [1.165, 1.54) is 31.3 Å². The van der Waals surface area contributed by atoms with Crippen LogP contribution in [0.4, 0.5) is 5.69 Å². The second kappa shape index (κ2) is 7.70. The predicted octanol–water partition coefficient (Wildman–Crippen LogP) is 2.74. The monoisotopic (exact) mass is 375 g/mol. The molecule has 7 heteroatoms. The van der Waals surface area contributed by atoms with Gasteiger partial charge in [0, 0.05) is 12.6 Å². The topological polar surface area (TPSA) is 80.8 Å². The van der Waals surface area contributed by atoms with Crippen molar-refractivity contribution in [2.45, 2.75) is 13.8 Å². The van der Waals surface area contributed by atoms with Gasteiger partial charge >= 0.3 is 5.97 Å². The Morgan fingerprint density at radius 2 is 1.54 bits per heavy atom. The molecule has 0 bridgehead atoms. The van der Waals surface area contributed by atoms with E-state index in [4.69, 9.17) is 4.74 Å². The minimum Gasteiger partial charge on any atom is -0.454 e. The molecule has 0 aliphatic rings. The molecule has 0 aliphatic carbocycles. The van der Waals surface area contributed by atoms with Crippen molar-refractivity contribution in [2.24, 2.45) is 0 Å². The molecule has 2 rings (SSSR count). The second-order valence-electron chi connectivity index (χ2n) is 6.08. The van der Waals surface area contributed by atoms with Gasteiger partial charge in [0.25, 0.3) is 0 Å². The maximum absolute atomic E-state index is 12.2. The molecule has 26 heavy (non-hydrogen) atoms. The largest absolute Gasteiger partial charge is 0.454 e. The maximum Gasteiger partial charge on any atom is 0.338 e. The molecule has 0 aromatic heterocycles. The summed E-state index contributed by atoms with van der Waals surface area (Å²) in [7, 11) is -1.94. The number of hydrogen-bond acceptors (Lipinski definition) is 5. The molecule has 0 amide bonds. The van der Waals surface area contributed by atoms with Crippen LogP contribution in [-0.2, 0) is 14.8 Å². The van der Waals surface area contributed by atoms with Crippen LogP contribution in [0.3, 0.4) is 0 Å². The Balaban J connectivity index is 2.01. The zero-order valence-corrected chi connectivity index (χ0v) is 16.0. The molecule has 0 saturated heterocycles. The van der Waals surface area contributed by atoms with Gasteiger partial charge < -0.3 is 4.74 Å². The van der Waals surface area contributed by atoms with Gasteiger partial charge in [0.2, 0.25) is 10.0 Å². The summed E-state index contributed by atoms with van der Waals surface area (Å²) in [6.45, 7) is 3.46. The average Bonchev–Trinajstić information content (AvgIpc) is 2.60. The van der Waals surface area contributed by atoms with Gasteiger partial charge in [-0.15, -0.1) is 0 Å². The number of ketones is 1. The summed E-state index contributed by atoms with van der Waals surface area (Å²) in [4.78, 5) is 24.2. The van der Waals surface area contributed by atoms with E-state index in [0.29, 0.717) is 16.8 Å². The van der Waals surface area contributed by atoms with Gasteiger partial charge in [-0.1, -0.05) is 6.07 Å². The maximum atomic E-state index is 12.2. The SMILES string of the molecule is Cc1ccc(C(=O)OCC(=O)c2ccc(N(C)S(C)(=O)=O)cc2)cc1C. The number of anilines is 1. The highest BCUT2D eigenvalue weighted by molar-refractivity contribution is 7.92. The molecule has 0 radical (unpaired) electrons. The average molecular weight is 375 g/mol. The van der Waals surface area contributed by atoms with Gasteiger partial charge in [-0.3, -0.25) is 9.10 Å². The van der Waals surface area contributed by atoms with Crippen LogP contribution in [0.15, 0.2) is 42.5 Å². The quantitative estimate of drug-likeness (QED) is 0.573. The Kier molecular flexibility index (Phi) is 5.82. The van der Waals surface area contributed by atoms with E-state index in [-0.39, 0.29) is 12.4 Å². The van der Waals surface area contributed by atoms with Crippen LogP contribution in [0.25, 0.3) is 0 Å². The van der Waals surface area contributed by atoms with Crippen molar-refractivity contribution in [1.82, 2.24) is 0 Å². The van der Waals surface area contributed by atoms with E-state index in [0.717, 1.165) is 21.7 Å². The van der Waals surface area contributed by atoms with E-state index in [9.17, 15) is 18.0 Å². The van der Waals surface area contributed by atoms with E-state index in [2.05, 4.69) is 0 Å². The number of benzene rings is 2. The van der Waals surface area contributed by atoms with Crippen molar-refractivity contribution in [3.05, 3.63) is 64.7 Å². The van der Waals surface area contributed by atoms with E-state index < -0.39 is 16.0 Å². The Morgan fingerprint density at radius 3 is 2.08 bits per heavy atom. The molecule has 0 atom stereocenters. The van der Waals surface area contributed by atoms with Crippen molar-refractivity contribution < 1.29 is 22.7 Å². The molecule has 0 heterocycles. The third-order valence-corrected chi connectivity index (χ3v) is 5.33. The number of aryl methyl sites for hydroxylation is 2. The van der Waals surface area contributed by atoms with E-state index in [1.807, 2.05) is 19.9 Å². The Bertz CT molecular complexity index is 933. The first-order valence-corrected chi connectivity index (χ1v) is 9.76. The summed E-state index contributed by atoms with van der Waals surface area (Å²) in [6.07, 6.45) is 1.10. The first kappa shape index (κ1) is 19.7. The summed E-state index contributed by atoms with van der Waals surface area (Å²) in [5, 5.41) is 0. The molecule has 0 saturated carbocycles. The van der Waals surface area contributed by atoms with Gasteiger partial charge in [0.05, 0.1) is 17.5 Å². The molecule has 0 spiro atoms. The standard InChI is InChI=1S/C19H21NO5S/c1-13-5-6-16(11-14(13)2)19(22)25-12-18(21)15-7-9-17(10-8-15)20(3)26(4,23)24/h5-11H,12H2,1-4H3. The fraction of sp³-hybridized carbons (Fsp3) is 0.263.